The Balaban J connectivity index is 1.92. The molecule has 9 heteroatoms. The molecule has 2 aromatic rings. The molecule has 0 aliphatic rings. The number of carbonyl (C=O) groups excluding carboxylic acids is 1. The number of urea groups is 1. The van der Waals surface area contributed by atoms with Crippen LogP contribution in [0.1, 0.15) is 11.3 Å². The third-order valence-electron chi connectivity index (χ3n) is 3.36. The van der Waals surface area contributed by atoms with Gasteiger partial charge < -0.3 is 20.1 Å². The number of nitrogens with zero attached hydrogens (tertiary/aromatic N) is 3. The molecule has 0 aliphatic heterocycles. The van der Waals surface area contributed by atoms with Gasteiger partial charge in [0.2, 0.25) is 5.95 Å². The van der Waals surface area contributed by atoms with Crippen molar-refractivity contribution in [2.75, 3.05) is 24.3 Å². The fourth-order valence-corrected chi connectivity index (χ4v) is 2.10. The summed E-state index contributed by atoms with van der Waals surface area (Å²) in [7, 11) is 5.54. The molecule has 0 bridgehead atoms. The molecular weight excluding hydrogens is 323 g/mol. The molecule has 0 aliphatic carbocycles. The number of aromatic nitrogens is 2. The Bertz CT molecular complexity index is 707. The van der Waals surface area contributed by atoms with E-state index < -0.39 is 17.8 Å². The second-order valence-corrected chi connectivity index (χ2v) is 5.39. The zero-order valence-electron chi connectivity index (χ0n) is 13.5. The van der Waals surface area contributed by atoms with Crippen molar-refractivity contribution in [3.8, 4) is 0 Å². The van der Waals surface area contributed by atoms with Gasteiger partial charge in [0, 0.05) is 26.8 Å². The number of alkyl halides is 3. The van der Waals surface area contributed by atoms with Gasteiger partial charge in [-0.15, -0.1) is 0 Å². The normalized spacial score (nSPS) is 11.2. The van der Waals surface area contributed by atoms with Crippen LogP contribution in [0.25, 0.3) is 0 Å². The van der Waals surface area contributed by atoms with Crippen molar-refractivity contribution in [3.05, 3.63) is 41.7 Å². The highest BCUT2D eigenvalue weighted by molar-refractivity contribution is 5.89. The van der Waals surface area contributed by atoms with Crippen molar-refractivity contribution in [1.29, 1.82) is 0 Å². The van der Waals surface area contributed by atoms with Crippen LogP contribution in [0.3, 0.4) is 0 Å². The molecule has 1 aromatic carbocycles. The lowest BCUT2D eigenvalue weighted by Crippen LogP contribution is -2.29. The summed E-state index contributed by atoms with van der Waals surface area (Å²) >= 11 is 0. The molecule has 2 N–H and O–H groups in total. The van der Waals surface area contributed by atoms with Crippen molar-refractivity contribution in [2.45, 2.75) is 12.7 Å². The zero-order valence-corrected chi connectivity index (χ0v) is 13.5. The largest absolute Gasteiger partial charge is 0.416 e. The van der Waals surface area contributed by atoms with Gasteiger partial charge in [0.15, 0.2) is 0 Å². The Kier molecular flexibility index (Phi) is 5.01. The smallest absolute Gasteiger partial charge is 0.348 e. The van der Waals surface area contributed by atoms with E-state index in [1.807, 2.05) is 30.6 Å². The first kappa shape index (κ1) is 17.6. The minimum absolute atomic E-state index is 0.240. The number of halogens is 3. The molecule has 0 saturated carbocycles. The Hall–Kier alpha value is -2.71. The van der Waals surface area contributed by atoms with Crippen molar-refractivity contribution >= 4 is 17.7 Å². The maximum atomic E-state index is 12.5. The molecule has 2 rings (SSSR count). The summed E-state index contributed by atoms with van der Waals surface area (Å²) in [6.45, 7) is 0.240. The predicted molar refractivity (Wildman–Crippen MR) is 84.8 cm³/mol. The molecule has 0 saturated heterocycles. The molecule has 0 fully saturated rings. The molecule has 2 amide bonds. The minimum Gasteiger partial charge on any atom is -0.348 e. The monoisotopic (exact) mass is 341 g/mol. The number of imidazole rings is 1. The average molecular weight is 341 g/mol. The average Bonchev–Trinajstić information content (AvgIpc) is 2.86. The molecule has 0 atom stereocenters. The number of carbonyl (C=O) groups is 1. The first-order valence-corrected chi connectivity index (χ1v) is 7.08. The first-order valence-electron chi connectivity index (χ1n) is 7.08. The highest BCUT2D eigenvalue weighted by Gasteiger charge is 2.29. The Morgan fingerprint density at radius 3 is 2.38 bits per heavy atom. The molecule has 24 heavy (non-hydrogen) atoms. The number of anilines is 2. The van der Waals surface area contributed by atoms with Crippen LogP contribution in [-0.2, 0) is 19.8 Å². The van der Waals surface area contributed by atoms with Crippen LogP contribution < -0.4 is 15.5 Å². The number of hydrogen-bond acceptors (Lipinski definition) is 3. The topological polar surface area (TPSA) is 62.2 Å². The Morgan fingerprint density at radius 1 is 1.25 bits per heavy atom. The third kappa shape index (κ3) is 4.18. The Labute approximate surface area is 137 Å². The maximum Gasteiger partial charge on any atom is 0.416 e. The highest BCUT2D eigenvalue weighted by Crippen LogP contribution is 2.29. The number of amides is 2. The summed E-state index contributed by atoms with van der Waals surface area (Å²) in [6.07, 6.45) is -2.75. The van der Waals surface area contributed by atoms with Crippen LogP contribution in [0, 0.1) is 0 Å². The van der Waals surface area contributed by atoms with Gasteiger partial charge in [0.05, 0.1) is 24.0 Å². The van der Waals surface area contributed by atoms with Gasteiger partial charge in [0.25, 0.3) is 0 Å². The van der Waals surface area contributed by atoms with Crippen LogP contribution in [0.2, 0.25) is 0 Å². The van der Waals surface area contributed by atoms with Crippen LogP contribution in [0.4, 0.5) is 29.6 Å². The molecule has 0 unspecified atom stereocenters. The van der Waals surface area contributed by atoms with E-state index in [-0.39, 0.29) is 12.2 Å². The second kappa shape index (κ2) is 6.81. The van der Waals surface area contributed by atoms with Crippen LogP contribution in [0.5, 0.6) is 0 Å². The van der Waals surface area contributed by atoms with Crippen LogP contribution in [0.15, 0.2) is 30.5 Å². The van der Waals surface area contributed by atoms with Crippen molar-refractivity contribution in [1.82, 2.24) is 14.9 Å². The van der Waals surface area contributed by atoms with E-state index in [1.54, 1.807) is 6.20 Å². The van der Waals surface area contributed by atoms with E-state index in [4.69, 9.17) is 0 Å². The van der Waals surface area contributed by atoms with Gasteiger partial charge in [-0.3, -0.25) is 0 Å². The summed E-state index contributed by atoms with van der Waals surface area (Å²) in [5.41, 5.74) is 0.306. The van der Waals surface area contributed by atoms with Gasteiger partial charge in [-0.05, 0) is 24.3 Å². The van der Waals surface area contributed by atoms with E-state index >= 15 is 0 Å². The van der Waals surface area contributed by atoms with E-state index in [9.17, 15) is 18.0 Å². The number of benzene rings is 1. The molecule has 1 heterocycles. The molecular formula is C15H18F3N5O. The van der Waals surface area contributed by atoms with Gasteiger partial charge in [-0.2, -0.15) is 13.2 Å². The van der Waals surface area contributed by atoms with E-state index in [2.05, 4.69) is 15.6 Å². The van der Waals surface area contributed by atoms with Gasteiger partial charge in [-0.1, -0.05) is 0 Å². The summed E-state index contributed by atoms with van der Waals surface area (Å²) in [5.74, 6) is 0.745. The Morgan fingerprint density at radius 2 is 1.88 bits per heavy atom. The number of rotatable bonds is 4. The number of hydrogen-bond donors (Lipinski definition) is 2. The lowest BCUT2D eigenvalue weighted by Gasteiger charge is -2.13. The van der Waals surface area contributed by atoms with Crippen molar-refractivity contribution < 1.29 is 18.0 Å². The SMILES string of the molecule is CN(C)c1ncc(CNC(=O)Nc2ccc(C(F)(F)F)cc2)n1C. The van der Waals surface area contributed by atoms with Crippen LogP contribution >= 0.6 is 0 Å². The predicted octanol–water partition coefficient (Wildman–Crippen LogP) is 2.83. The lowest BCUT2D eigenvalue weighted by molar-refractivity contribution is -0.137. The highest BCUT2D eigenvalue weighted by atomic mass is 19.4. The summed E-state index contributed by atoms with van der Waals surface area (Å²) in [4.78, 5) is 17.9. The molecule has 130 valence electrons. The fraction of sp³-hybridized carbons (Fsp3) is 0.333. The summed E-state index contributed by atoms with van der Waals surface area (Å²) in [6, 6.07) is 3.73. The van der Waals surface area contributed by atoms with Gasteiger partial charge in [-0.25, -0.2) is 9.78 Å². The van der Waals surface area contributed by atoms with Crippen LogP contribution in [-0.4, -0.2) is 29.7 Å². The van der Waals surface area contributed by atoms with Crippen molar-refractivity contribution in [2.24, 2.45) is 7.05 Å². The molecule has 1 aromatic heterocycles. The molecule has 0 radical (unpaired) electrons. The third-order valence-corrected chi connectivity index (χ3v) is 3.36. The second-order valence-electron chi connectivity index (χ2n) is 5.39. The summed E-state index contributed by atoms with van der Waals surface area (Å²) in [5, 5.41) is 5.12. The number of nitrogens with one attached hydrogen (secondary N) is 2. The first-order chi connectivity index (χ1) is 11.2. The quantitative estimate of drug-likeness (QED) is 0.899. The maximum absolute atomic E-state index is 12.5. The van der Waals surface area contributed by atoms with E-state index in [0.29, 0.717) is 0 Å². The minimum atomic E-state index is -4.40. The van der Waals surface area contributed by atoms with E-state index in [0.717, 1.165) is 23.8 Å². The van der Waals surface area contributed by atoms with Gasteiger partial charge >= 0.3 is 12.2 Å². The zero-order chi connectivity index (χ0) is 17.9. The van der Waals surface area contributed by atoms with E-state index in [1.165, 1.54) is 12.1 Å². The molecule has 6 nitrogen and oxygen atoms in total. The summed E-state index contributed by atoms with van der Waals surface area (Å²) < 4.78 is 39.3. The standard InChI is InChI=1S/C15H18F3N5O/c1-22(2)14-20-9-12(23(14)3)8-19-13(24)21-11-6-4-10(5-7-11)15(16,17)18/h4-7,9H,8H2,1-3H3,(H2,19,21,24). The fourth-order valence-electron chi connectivity index (χ4n) is 2.10. The van der Waals surface area contributed by atoms with Crippen molar-refractivity contribution in [3.63, 3.8) is 0 Å². The lowest BCUT2D eigenvalue weighted by atomic mass is 10.2. The molecule has 0 spiro atoms. The van der Waals surface area contributed by atoms with Gasteiger partial charge in [0.1, 0.15) is 0 Å².